The van der Waals surface area contributed by atoms with Gasteiger partial charge in [0.15, 0.2) is 11.6 Å². The minimum Gasteiger partial charge on any atom is -0.506 e. The third kappa shape index (κ3) is 10.8. The van der Waals surface area contributed by atoms with Gasteiger partial charge in [0.05, 0.1) is 23.2 Å². The van der Waals surface area contributed by atoms with Crippen molar-refractivity contribution in [2.45, 2.75) is 44.2 Å². The van der Waals surface area contributed by atoms with Gasteiger partial charge in [-0.25, -0.2) is 14.0 Å². The van der Waals surface area contributed by atoms with Crippen molar-refractivity contribution in [3.05, 3.63) is 171 Å². The van der Waals surface area contributed by atoms with Gasteiger partial charge in [-0.2, -0.15) is 0 Å². The number of nitrogens with one attached hydrogen (secondary N) is 3. The Bertz CT molecular complexity index is 2580. The summed E-state index contributed by atoms with van der Waals surface area (Å²) in [4.78, 5) is 42.6. The van der Waals surface area contributed by atoms with Crippen LogP contribution in [0.2, 0.25) is 0 Å². The molecule has 5 aromatic carbocycles. The second-order valence-electron chi connectivity index (χ2n) is 15.8. The summed E-state index contributed by atoms with van der Waals surface area (Å²) in [6.07, 6.45) is 0.598. The molecule has 3 atom stereocenters. The predicted octanol–water partition coefficient (Wildman–Crippen LogP) is 6.92. The van der Waals surface area contributed by atoms with Gasteiger partial charge in [-0.05, 0) is 108 Å². The summed E-state index contributed by atoms with van der Waals surface area (Å²) < 4.78 is 37.9. The molecule has 0 saturated carbocycles. The molecular weight excluding hydrogens is 808 g/mol. The van der Waals surface area contributed by atoms with Crippen LogP contribution in [-0.2, 0) is 22.6 Å². The number of carbonyl (C=O) groups is 2. The Morgan fingerprint density at radius 2 is 1.62 bits per heavy atom. The van der Waals surface area contributed by atoms with E-state index in [0.29, 0.717) is 33.7 Å². The Balaban J connectivity index is 0.773. The maximum atomic E-state index is 14.9. The van der Waals surface area contributed by atoms with Crippen LogP contribution in [0.3, 0.4) is 0 Å². The highest BCUT2D eigenvalue weighted by Gasteiger charge is 2.37. The Kier molecular flexibility index (Phi) is 13.6. The molecule has 3 aliphatic heterocycles. The Labute approximate surface area is 363 Å². The number of aliphatic hydroxyl groups excluding tert-OH is 1. The monoisotopic (exact) mass is 856 g/mol. The van der Waals surface area contributed by atoms with Crippen LogP contribution < -0.4 is 25.7 Å². The zero-order chi connectivity index (χ0) is 43.7. The zero-order valence-electron chi connectivity index (χ0n) is 34.5. The number of ether oxygens (including phenoxy) is 4. The number of pyridine rings is 1. The highest BCUT2D eigenvalue weighted by Crippen LogP contribution is 2.32. The van der Waals surface area contributed by atoms with Crippen LogP contribution >= 0.6 is 0 Å². The number of H-pyrrole nitrogens is 1. The van der Waals surface area contributed by atoms with Crippen LogP contribution in [0.25, 0.3) is 10.9 Å². The number of piperidine rings is 3. The van der Waals surface area contributed by atoms with Crippen molar-refractivity contribution >= 4 is 23.0 Å². The van der Waals surface area contributed by atoms with E-state index in [0.717, 1.165) is 49.2 Å². The van der Waals surface area contributed by atoms with Crippen LogP contribution in [-0.4, -0.2) is 77.7 Å². The van der Waals surface area contributed by atoms with E-state index in [-0.39, 0.29) is 61.6 Å². The Morgan fingerprint density at radius 1 is 0.841 bits per heavy atom. The number of aromatic hydroxyl groups is 1. The number of aromatic amines is 1. The third-order valence-electron chi connectivity index (χ3n) is 11.5. The fourth-order valence-electron chi connectivity index (χ4n) is 8.18. The van der Waals surface area contributed by atoms with E-state index in [9.17, 15) is 29.0 Å². The number of nitrogens with zero attached hydrogens (tertiary/aromatic N) is 1. The van der Waals surface area contributed by atoms with Crippen molar-refractivity contribution in [1.29, 1.82) is 0 Å². The summed E-state index contributed by atoms with van der Waals surface area (Å²) in [6, 6.07) is 34.1. The largest absolute Gasteiger partial charge is 0.506 e. The van der Waals surface area contributed by atoms with E-state index < -0.39 is 30.0 Å². The number of halogens is 1. The zero-order valence-corrected chi connectivity index (χ0v) is 34.5. The van der Waals surface area contributed by atoms with Gasteiger partial charge in [-0.15, -0.1) is 0 Å². The normalized spacial score (nSPS) is 17.7. The molecular formula is C49H49FN4O9. The van der Waals surface area contributed by atoms with Crippen LogP contribution in [0.5, 0.6) is 17.2 Å². The lowest BCUT2D eigenvalue weighted by molar-refractivity contribution is -0.0336. The SMILES string of the molecule is O=C(N[C@@H](c1ccccc1)c1cccc(OCc2ccc(C(=O)OCCOc3ccc(CNC[C@H](O)c4ccc(O)c5[nH]c(=O)ccc45)cc3F)cc2)c1)O[C@@H]1CN2CCC1CC2. The molecule has 0 radical (unpaired) electrons. The molecule has 0 spiro atoms. The molecule has 5 N–H and O–H groups in total. The van der Waals surface area contributed by atoms with Gasteiger partial charge in [0.2, 0.25) is 5.56 Å². The van der Waals surface area contributed by atoms with Crippen molar-refractivity contribution in [2.24, 2.45) is 5.92 Å². The van der Waals surface area contributed by atoms with Crippen molar-refractivity contribution in [2.75, 3.05) is 39.4 Å². The average molecular weight is 857 g/mol. The topological polar surface area (TPSA) is 172 Å². The van der Waals surface area contributed by atoms with Crippen molar-refractivity contribution in [3.63, 3.8) is 0 Å². The number of fused-ring (bicyclic) bond motifs is 4. The minimum absolute atomic E-state index is 0.00305. The van der Waals surface area contributed by atoms with Gasteiger partial charge in [-0.1, -0.05) is 66.7 Å². The average Bonchev–Trinajstić information content (AvgIpc) is 3.30. The van der Waals surface area contributed by atoms with Crippen molar-refractivity contribution in [1.82, 2.24) is 20.5 Å². The first-order valence-corrected chi connectivity index (χ1v) is 21.0. The van der Waals surface area contributed by atoms with E-state index >= 15 is 0 Å². The smallest absolute Gasteiger partial charge is 0.408 e. The number of esters is 1. The summed E-state index contributed by atoms with van der Waals surface area (Å²) in [5, 5.41) is 27.6. The molecule has 13 nitrogen and oxygen atoms in total. The minimum atomic E-state index is -0.960. The molecule has 0 aliphatic carbocycles. The van der Waals surface area contributed by atoms with Gasteiger partial charge in [0.1, 0.15) is 37.4 Å². The maximum Gasteiger partial charge on any atom is 0.408 e. The number of benzene rings is 5. The number of carbonyl (C=O) groups excluding carboxylic acids is 2. The molecule has 1 aromatic heterocycles. The summed E-state index contributed by atoms with van der Waals surface area (Å²) in [7, 11) is 0. The van der Waals surface area contributed by atoms with Gasteiger partial charge < -0.3 is 44.8 Å². The molecule has 4 heterocycles. The molecule has 3 aliphatic rings. The number of phenolic OH excluding ortho intramolecular Hbond substituents is 1. The molecule has 3 saturated heterocycles. The van der Waals surface area contributed by atoms with Crippen LogP contribution in [0.4, 0.5) is 9.18 Å². The van der Waals surface area contributed by atoms with E-state index in [1.807, 2.05) is 54.6 Å². The van der Waals surface area contributed by atoms with Gasteiger partial charge >= 0.3 is 12.1 Å². The Morgan fingerprint density at radius 3 is 2.38 bits per heavy atom. The lowest BCUT2D eigenvalue weighted by Gasteiger charge is -2.43. The summed E-state index contributed by atoms with van der Waals surface area (Å²) in [6.45, 7) is 3.36. The maximum absolute atomic E-state index is 14.9. The van der Waals surface area contributed by atoms with E-state index in [1.54, 1.807) is 42.5 Å². The highest BCUT2D eigenvalue weighted by atomic mass is 19.1. The second kappa shape index (κ2) is 20.0. The molecule has 326 valence electrons. The molecule has 1 amide bonds. The van der Waals surface area contributed by atoms with Crippen molar-refractivity contribution < 1.29 is 43.1 Å². The third-order valence-corrected chi connectivity index (χ3v) is 11.5. The standard InChI is InChI=1S/C49H49FN4O9/c50-40-25-32(27-51-28-42(56)38-14-16-41(55)47-39(38)15-18-45(57)52-47)11-17-43(40)60-23-24-61-48(58)35-12-9-31(10-13-35)30-62-37-8-4-7-36(26-37)46(34-5-2-1-3-6-34)53-49(59)63-44-29-54-21-19-33(44)20-22-54/h1-18,25-26,33,42,44,46,51,55-56H,19-24,27-30H2,(H,52,57)(H,53,59)/t42-,44+,46-/m0/s1. The summed E-state index contributed by atoms with van der Waals surface area (Å²) in [5.74, 6) is -0.221. The number of alkyl carbamates (subject to hydrolysis) is 1. The van der Waals surface area contributed by atoms with Crippen LogP contribution in [0.1, 0.15) is 63.2 Å². The predicted molar refractivity (Wildman–Crippen MR) is 233 cm³/mol. The fourth-order valence-corrected chi connectivity index (χ4v) is 8.18. The van der Waals surface area contributed by atoms with E-state index in [4.69, 9.17) is 18.9 Å². The molecule has 14 heteroatoms. The molecule has 2 bridgehead atoms. The fraction of sp³-hybridized carbons (Fsp3) is 0.286. The van der Waals surface area contributed by atoms with Gasteiger partial charge in [0, 0.05) is 31.1 Å². The quantitative estimate of drug-likeness (QED) is 0.0477. The first-order chi connectivity index (χ1) is 30.7. The number of aliphatic hydroxyl groups is 1. The lowest BCUT2D eigenvalue weighted by Crippen LogP contribution is -2.52. The number of hydrogen-bond acceptors (Lipinski definition) is 11. The van der Waals surface area contributed by atoms with Gasteiger partial charge in [-0.3, -0.25) is 9.69 Å². The number of rotatable bonds is 17. The highest BCUT2D eigenvalue weighted by molar-refractivity contribution is 5.89. The summed E-state index contributed by atoms with van der Waals surface area (Å²) in [5.41, 5.74) is 3.93. The van der Waals surface area contributed by atoms with Crippen LogP contribution in [0, 0.1) is 11.7 Å². The summed E-state index contributed by atoms with van der Waals surface area (Å²) >= 11 is 0. The van der Waals surface area contributed by atoms with Crippen molar-refractivity contribution in [3.8, 4) is 17.2 Å². The lowest BCUT2D eigenvalue weighted by atomic mass is 9.86. The first kappa shape index (κ1) is 42.9. The second-order valence-corrected chi connectivity index (χ2v) is 15.8. The Hall–Kier alpha value is -6.74. The molecule has 0 unspecified atom stereocenters. The first-order valence-electron chi connectivity index (χ1n) is 21.0. The number of amides is 1. The molecule has 63 heavy (non-hydrogen) atoms. The van der Waals surface area contributed by atoms with Crippen LogP contribution in [0.15, 0.2) is 126 Å². The van der Waals surface area contributed by atoms with E-state index in [2.05, 4.69) is 20.5 Å². The van der Waals surface area contributed by atoms with E-state index in [1.165, 1.54) is 24.3 Å². The molecule has 6 aromatic rings. The molecule has 3 fully saturated rings. The van der Waals surface area contributed by atoms with Gasteiger partial charge in [0.25, 0.3) is 0 Å². The number of aromatic nitrogens is 1. The number of hydrogen-bond donors (Lipinski definition) is 5. The number of phenols is 1. The molecule has 9 rings (SSSR count).